The summed E-state index contributed by atoms with van der Waals surface area (Å²) in [5, 5.41) is 21.5. The summed E-state index contributed by atoms with van der Waals surface area (Å²) in [5.74, 6) is 0. The van der Waals surface area contributed by atoms with Crippen molar-refractivity contribution in [3.05, 3.63) is 0 Å². The van der Waals surface area contributed by atoms with E-state index in [0.717, 1.165) is 0 Å². The molecule has 0 aromatic heterocycles. The van der Waals surface area contributed by atoms with Crippen LogP contribution >= 0.6 is 0 Å². The Morgan fingerprint density at radius 3 is 1.00 bits per heavy atom. The Kier molecular flexibility index (Phi) is 28.1. The van der Waals surface area contributed by atoms with Crippen LogP contribution in [0, 0.1) is 0 Å². The van der Waals surface area contributed by atoms with Crippen LogP contribution in [-0.2, 0) is 32.7 Å². The van der Waals surface area contributed by atoms with Crippen LogP contribution in [0.2, 0.25) is 0 Å². The van der Waals surface area contributed by atoms with Crippen LogP contribution in [0.25, 0.3) is 0 Å². The maximum absolute atomic E-state index is 7.17. The minimum Gasteiger partial charge on any atom is 0 e. The van der Waals surface area contributed by atoms with E-state index >= 15 is 0 Å². The van der Waals surface area contributed by atoms with Crippen molar-refractivity contribution in [3.8, 4) is 0 Å². The van der Waals surface area contributed by atoms with Crippen molar-refractivity contribution in [1.82, 2.24) is 0 Å². The Morgan fingerprint density at radius 2 is 1.00 bits per heavy atom. The van der Waals surface area contributed by atoms with Gasteiger partial charge < -0.3 is 15.1 Å². The molecule has 1 radical (unpaired) electrons. The van der Waals surface area contributed by atoms with E-state index in [9.17, 15) is 0 Å². The third-order valence-corrected chi connectivity index (χ3v) is 0. The molecule has 6 heteroatoms. The molecule has 0 aliphatic carbocycles. The van der Waals surface area contributed by atoms with Gasteiger partial charge in [-0.05, 0) is 0 Å². The van der Waals surface area contributed by atoms with Crippen molar-refractivity contribution in [2.75, 3.05) is 0 Å². The first kappa shape index (κ1) is 15.9. The van der Waals surface area contributed by atoms with Crippen molar-refractivity contribution < 1.29 is 47.8 Å². The first-order valence-corrected chi connectivity index (χ1v) is 0.775. The van der Waals surface area contributed by atoms with E-state index in [0.29, 0.717) is 0 Å². The van der Waals surface area contributed by atoms with Crippen LogP contribution in [0.1, 0.15) is 0 Å². The molecule has 0 aliphatic rings. The molecule has 29 valence electrons. The summed E-state index contributed by atoms with van der Waals surface area (Å²) in [5.41, 5.74) is 0. The van der Waals surface area contributed by atoms with Gasteiger partial charge in [-0.15, -0.1) is 0 Å². The van der Waals surface area contributed by atoms with Gasteiger partial charge in [-0.2, -0.15) is 0 Å². The summed E-state index contributed by atoms with van der Waals surface area (Å²) in [6.45, 7) is 0. The van der Waals surface area contributed by atoms with Gasteiger partial charge in [-0.3, -0.25) is 0 Å². The molecule has 0 rings (SSSR count). The molecule has 0 aromatic carbocycles. The Labute approximate surface area is 104 Å². The molecular weight excluding hydrogens is 187 g/mol. The first-order valence-electron chi connectivity index (χ1n) is 0.775. The molecule has 3 N–H and O–H groups in total. The van der Waals surface area contributed by atoms with Gasteiger partial charge in [0.25, 0.3) is 0 Å². The van der Waals surface area contributed by atoms with Gasteiger partial charge in [-0.25, -0.2) is 0 Å². The van der Waals surface area contributed by atoms with E-state index in [1.165, 1.54) is 0 Å². The Hall–Kier alpha value is 2.69. The van der Waals surface area contributed by atoms with E-state index in [2.05, 4.69) is 0 Å². The largest absolute Gasteiger partial charge is 0 e. The van der Waals surface area contributed by atoms with E-state index in [-0.39, 0.29) is 84.1 Å². The topological polar surface area (TPSA) is 60.7 Å². The van der Waals surface area contributed by atoms with Gasteiger partial charge in [0.1, 0.15) is 0 Å². The van der Waals surface area contributed by atoms with Crippen LogP contribution in [0.3, 0.4) is 0 Å². The van der Waals surface area contributed by atoms with E-state index in [4.69, 9.17) is 15.1 Å². The molecule has 0 saturated heterocycles. The van der Waals surface area contributed by atoms with Crippen molar-refractivity contribution in [1.29, 1.82) is 0 Å². The monoisotopic (exact) mass is 191 g/mol. The number of hydrogen-bond donors (Lipinski definition) is 3. The average molecular weight is 191 g/mol. The third kappa shape index (κ3) is 30.0. The zero-order valence-electron chi connectivity index (χ0n) is 2.50. The van der Waals surface area contributed by atoms with Gasteiger partial charge in [0, 0.05) is 32.7 Å². The molecule has 0 heterocycles. The molecule has 0 saturated carbocycles. The van der Waals surface area contributed by atoms with E-state index < -0.39 is 7.32 Å². The molecule has 0 aromatic rings. The van der Waals surface area contributed by atoms with Crippen molar-refractivity contribution in [2.24, 2.45) is 0 Å². The standard InChI is InChI=1S/BH3O3.K.Y.H/c2-1(3)4;;;/h2-4H;;;. The fraction of sp³-hybridized carbons (Fsp3) is 0. The zero-order chi connectivity index (χ0) is 3.58. The van der Waals surface area contributed by atoms with Crippen molar-refractivity contribution >= 4 is 58.7 Å². The van der Waals surface area contributed by atoms with Crippen LogP contribution in [-0.4, -0.2) is 73.8 Å². The molecule has 0 aliphatic heterocycles. The number of rotatable bonds is 0. The Morgan fingerprint density at radius 1 is 1.00 bits per heavy atom. The van der Waals surface area contributed by atoms with Gasteiger partial charge >= 0.3 is 58.7 Å². The second-order valence-electron chi connectivity index (χ2n) is 0.346. The molecule has 0 bridgehead atoms. The maximum Gasteiger partial charge on any atom is 0 e. The second-order valence-corrected chi connectivity index (χ2v) is 0.346. The summed E-state index contributed by atoms with van der Waals surface area (Å²) >= 11 is 0. The Balaban J connectivity index is -0.0000000450. The maximum atomic E-state index is 7.17. The van der Waals surface area contributed by atoms with Crippen LogP contribution in [0.5, 0.6) is 0 Å². The van der Waals surface area contributed by atoms with E-state index in [1.54, 1.807) is 0 Å². The average Bonchev–Trinajstić information content (AvgIpc) is 0.811. The molecule has 0 amide bonds. The summed E-state index contributed by atoms with van der Waals surface area (Å²) in [4.78, 5) is 0. The van der Waals surface area contributed by atoms with Gasteiger partial charge in [-0.1, -0.05) is 0 Å². The fourth-order valence-corrected chi connectivity index (χ4v) is 0. The summed E-state index contributed by atoms with van der Waals surface area (Å²) in [7, 11) is -2.17. The summed E-state index contributed by atoms with van der Waals surface area (Å²) in [6, 6.07) is 0. The molecule has 0 unspecified atom stereocenters. The van der Waals surface area contributed by atoms with Gasteiger partial charge in [0.15, 0.2) is 0 Å². The van der Waals surface area contributed by atoms with Gasteiger partial charge in [0.2, 0.25) is 0 Å². The summed E-state index contributed by atoms with van der Waals surface area (Å²) < 4.78 is 0. The Bertz CT molecular complexity index is 15.5. The minimum atomic E-state index is -2.17. The molecule has 3 nitrogen and oxygen atoms in total. The van der Waals surface area contributed by atoms with Crippen LogP contribution < -0.4 is 0 Å². The predicted molar refractivity (Wildman–Crippen MR) is 19.6 cm³/mol. The fourth-order valence-electron chi connectivity index (χ4n) is 0. The smallest absolute Gasteiger partial charge is 0 e. The van der Waals surface area contributed by atoms with Crippen molar-refractivity contribution in [3.63, 3.8) is 0 Å². The normalized spacial score (nSPS) is 4.50. The quantitative estimate of drug-likeness (QED) is 0.365. The first-order chi connectivity index (χ1) is 1.73. The molecule has 0 spiro atoms. The van der Waals surface area contributed by atoms with Crippen LogP contribution in [0.4, 0.5) is 0 Å². The molecular formula is H4BKO3Y. The van der Waals surface area contributed by atoms with E-state index in [1.807, 2.05) is 0 Å². The summed E-state index contributed by atoms with van der Waals surface area (Å²) in [6.07, 6.45) is 0. The SMILES string of the molecule is OB(O)O.[KH].[Y]. The minimum absolute atomic E-state index is 0. The molecule has 0 fully saturated rings. The molecule has 6 heavy (non-hydrogen) atoms. The second kappa shape index (κ2) is 10.6. The third-order valence-electron chi connectivity index (χ3n) is 0. The predicted octanol–water partition coefficient (Wildman–Crippen LogP) is -2.70. The zero-order valence-corrected chi connectivity index (χ0v) is 5.33. The molecule has 0 atom stereocenters. The number of hydrogen-bond acceptors (Lipinski definition) is 3. The van der Waals surface area contributed by atoms with Crippen LogP contribution in [0.15, 0.2) is 0 Å². The van der Waals surface area contributed by atoms with Crippen molar-refractivity contribution in [2.45, 2.75) is 0 Å². The van der Waals surface area contributed by atoms with Gasteiger partial charge in [0.05, 0.1) is 0 Å².